The number of hydrogen-bond acceptors (Lipinski definition) is 3. The van der Waals surface area contributed by atoms with Gasteiger partial charge in [-0.15, -0.1) is 0 Å². The average Bonchev–Trinajstić information content (AvgIpc) is 1.98. The van der Waals surface area contributed by atoms with Gasteiger partial charge in [-0.05, 0) is 27.1 Å². The minimum absolute atomic E-state index is 0.481. The van der Waals surface area contributed by atoms with Crippen molar-refractivity contribution >= 4 is 30.8 Å². The lowest BCUT2D eigenvalue weighted by Gasteiger charge is -2.11. The van der Waals surface area contributed by atoms with Crippen LogP contribution in [0.2, 0.25) is 0 Å². The lowest BCUT2D eigenvalue weighted by Crippen LogP contribution is -2.19. The Morgan fingerprint density at radius 3 is 2.67 bits per heavy atom. The Hall–Kier alpha value is 0.800. The van der Waals surface area contributed by atoms with E-state index in [0.717, 1.165) is 13.0 Å². The Bertz CT molecular complexity index is 167. The summed E-state index contributed by atoms with van der Waals surface area (Å²) >= 11 is 1.41. The van der Waals surface area contributed by atoms with Crippen LogP contribution >= 0.6 is 30.8 Å². The number of rotatable bonds is 6. The zero-order chi connectivity index (χ0) is 9.61. The minimum atomic E-state index is -3.52. The topological polar surface area (TPSA) is 61.8 Å². The molecule has 7 heteroatoms. The lowest BCUT2D eigenvalue weighted by atomic mass is 10.4. The molecule has 0 saturated carbocycles. The van der Waals surface area contributed by atoms with Crippen molar-refractivity contribution < 1.29 is 12.3 Å². The molecule has 0 fully saturated rings. The maximum Gasteiger partial charge on any atom is 0.412 e. The molecule has 0 spiro atoms. The second kappa shape index (κ2) is 6.28. The smallest absolute Gasteiger partial charge is 0.312 e. The van der Waals surface area contributed by atoms with Gasteiger partial charge in [0.1, 0.15) is 23.0 Å². The third kappa shape index (κ3) is 7.45. The van der Waals surface area contributed by atoms with Crippen molar-refractivity contribution in [2.24, 2.45) is 0 Å². The predicted octanol–water partition coefficient (Wildman–Crippen LogP) is 0.995. The first-order valence-corrected chi connectivity index (χ1v) is 5.97. The first kappa shape index (κ1) is 12.8. The second-order valence-corrected chi connectivity index (χ2v) is 5.33. The standard InChI is InChI=1S/C5H14IN2O3P/c1-8(2)5-3-4-7-12(9,10)11-6/h3-5H2,1-2H3,(H2,7,9,10). The molecule has 0 radical (unpaired) electrons. The maximum absolute atomic E-state index is 10.8. The zero-order valence-electron chi connectivity index (χ0n) is 7.16. The second-order valence-electron chi connectivity index (χ2n) is 2.65. The molecule has 0 saturated heterocycles. The fourth-order valence-corrected chi connectivity index (χ4v) is 1.55. The summed E-state index contributed by atoms with van der Waals surface area (Å²) in [5.41, 5.74) is 0. The van der Waals surface area contributed by atoms with Crippen LogP contribution in [0.5, 0.6) is 0 Å². The summed E-state index contributed by atoms with van der Waals surface area (Å²) in [7, 11) is 0.388. The Morgan fingerprint density at radius 1 is 1.67 bits per heavy atom. The quantitative estimate of drug-likeness (QED) is 0.435. The van der Waals surface area contributed by atoms with Gasteiger partial charge in [0.15, 0.2) is 0 Å². The van der Waals surface area contributed by atoms with E-state index in [1.165, 1.54) is 23.0 Å². The van der Waals surface area contributed by atoms with Gasteiger partial charge in [0.2, 0.25) is 0 Å². The summed E-state index contributed by atoms with van der Waals surface area (Å²) in [4.78, 5) is 10.9. The minimum Gasteiger partial charge on any atom is -0.312 e. The summed E-state index contributed by atoms with van der Waals surface area (Å²) in [6, 6.07) is 0. The molecule has 0 bridgehead atoms. The summed E-state index contributed by atoms with van der Waals surface area (Å²) in [5, 5.41) is 2.42. The highest BCUT2D eigenvalue weighted by Gasteiger charge is 2.15. The Balaban J connectivity index is 3.38. The number of hydrogen-bond donors (Lipinski definition) is 2. The van der Waals surface area contributed by atoms with Crippen LogP contribution in [0.25, 0.3) is 0 Å². The Morgan fingerprint density at radius 2 is 2.25 bits per heavy atom. The lowest BCUT2D eigenvalue weighted by molar-refractivity contribution is 0.380. The van der Waals surface area contributed by atoms with Crippen LogP contribution in [-0.2, 0) is 7.42 Å². The van der Waals surface area contributed by atoms with Crippen molar-refractivity contribution in [3.05, 3.63) is 0 Å². The normalized spacial score (nSPS) is 16.4. The first-order chi connectivity index (χ1) is 5.48. The average molecular weight is 308 g/mol. The van der Waals surface area contributed by atoms with Crippen molar-refractivity contribution in [1.82, 2.24) is 9.99 Å². The van der Waals surface area contributed by atoms with E-state index in [-0.39, 0.29) is 0 Å². The van der Waals surface area contributed by atoms with Crippen molar-refractivity contribution in [2.75, 3.05) is 27.2 Å². The highest BCUT2D eigenvalue weighted by molar-refractivity contribution is 14.1. The fraction of sp³-hybridized carbons (Fsp3) is 1.00. The van der Waals surface area contributed by atoms with Crippen LogP contribution in [0.1, 0.15) is 6.42 Å². The molecular formula is C5H14IN2O3P. The molecule has 1 atom stereocenters. The van der Waals surface area contributed by atoms with E-state index in [1.807, 2.05) is 19.0 Å². The van der Waals surface area contributed by atoms with Crippen LogP contribution in [-0.4, -0.2) is 37.0 Å². The van der Waals surface area contributed by atoms with Crippen LogP contribution in [0.4, 0.5) is 0 Å². The SMILES string of the molecule is CN(C)CCCNP(=O)(O)OI. The van der Waals surface area contributed by atoms with Gasteiger partial charge in [-0.25, -0.2) is 12.5 Å². The number of halogens is 1. The van der Waals surface area contributed by atoms with Gasteiger partial charge < -0.3 is 9.79 Å². The molecule has 5 nitrogen and oxygen atoms in total. The molecule has 0 heterocycles. The van der Waals surface area contributed by atoms with Gasteiger partial charge in [-0.3, -0.25) is 0 Å². The van der Waals surface area contributed by atoms with Crippen molar-refractivity contribution in [1.29, 1.82) is 0 Å². The third-order valence-electron chi connectivity index (χ3n) is 1.19. The van der Waals surface area contributed by atoms with Gasteiger partial charge in [0, 0.05) is 6.54 Å². The van der Waals surface area contributed by atoms with E-state index < -0.39 is 7.75 Å². The molecule has 0 amide bonds. The molecule has 0 aromatic rings. The van der Waals surface area contributed by atoms with Crippen LogP contribution < -0.4 is 5.09 Å². The van der Waals surface area contributed by atoms with E-state index in [9.17, 15) is 4.57 Å². The van der Waals surface area contributed by atoms with Crippen molar-refractivity contribution in [3.63, 3.8) is 0 Å². The maximum atomic E-state index is 10.8. The molecule has 2 N–H and O–H groups in total. The van der Waals surface area contributed by atoms with Gasteiger partial charge in [-0.2, -0.15) is 0 Å². The summed E-state index contributed by atoms with van der Waals surface area (Å²) in [5.74, 6) is 0. The van der Waals surface area contributed by atoms with Gasteiger partial charge in [0.05, 0.1) is 0 Å². The van der Waals surface area contributed by atoms with Gasteiger partial charge >= 0.3 is 7.75 Å². The number of nitrogens with one attached hydrogen (secondary N) is 1. The molecule has 0 rings (SSSR count). The molecule has 1 unspecified atom stereocenters. The Labute approximate surface area is 86.7 Å². The Kier molecular flexibility index (Phi) is 6.70. The molecule has 0 aromatic heterocycles. The summed E-state index contributed by atoms with van der Waals surface area (Å²) in [6.07, 6.45) is 0.817. The molecule has 0 aliphatic carbocycles. The number of nitrogens with zero attached hydrogens (tertiary/aromatic N) is 1. The molecule has 0 aliphatic heterocycles. The highest BCUT2D eigenvalue weighted by Crippen LogP contribution is 2.39. The van der Waals surface area contributed by atoms with Gasteiger partial charge in [0.25, 0.3) is 0 Å². The monoisotopic (exact) mass is 308 g/mol. The van der Waals surface area contributed by atoms with E-state index in [1.54, 1.807) is 0 Å². The molecule has 0 aromatic carbocycles. The van der Waals surface area contributed by atoms with Crippen LogP contribution in [0.15, 0.2) is 0 Å². The van der Waals surface area contributed by atoms with E-state index >= 15 is 0 Å². The molecule has 74 valence electrons. The molecule has 12 heavy (non-hydrogen) atoms. The van der Waals surface area contributed by atoms with Crippen molar-refractivity contribution in [3.8, 4) is 0 Å². The van der Waals surface area contributed by atoms with E-state index in [2.05, 4.69) is 7.94 Å². The van der Waals surface area contributed by atoms with Gasteiger partial charge in [-0.1, -0.05) is 0 Å². The zero-order valence-corrected chi connectivity index (χ0v) is 10.2. The predicted molar refractivity (Wildman–Crippen MR) is 56.1 cm³/mol. The first-order valence-electron chi connectivity index (χ1n) is 3.51. The molecular weight excluding hydrogens is 294 g/mol. The third-order valence-corrected chi connectivity index (χ3v) is 3.60. The van der Waals surface area contributed by atoms with E-state index in [4.69, 9.17) is 4.89 Å². The fourth-order valence-electron chi connectivity index (χ4n) is 0.640. The van der Waals surface area contributed by atoms with Crippen LogP contribution in [0.3, 0.4) is 0 Å². The summed E-state index contributed by atoms with van der Waals surface area (Å²) in [6.45, 7) is 1.36. The summed E-state index contributed by atoms with van der Waals surface area (Å²) < 4.78 is 15.1. The van der Waals surface area contributed by atoms with E-state index in [0.29, 0.717) is 6.54 Å². The largest absolute Gasteiger partial charge is 0.412 e. The van der Waals surface area contributed by atoms with Crippen LogP contribution in [0, 0.1) is 0 Å². The molecule has 0 aliphatic rings. The highest BCUT2D eigenvalue weighted by atomic mass is 127. The van der Waals surface area contributed by atoms with Crippen molar-refractivity contribution in [2.45, 2.75) is 6.42 Å².